The molecule has 1 aliphatic rings. The lowest BCUT2D eigenvalue weighted by Gasteiger charge is -2.18. The fourth-order valence-electron chi connectivity index (χ4n) is 2.30. The zero-order chi connectivity index (χ0) is 11.7. The van der Waals surface area contributed by atoms with E-state index in [1.807, 2.05) is 19.2 Å². The highest BCUT2D eigenvalue weighted by molar-refractivity contribution is 5.85. The Morgan fingerprint density at radius 3 is 3.12 bits per heavy atom. The van der Waals surface area contributed by atoms with Crippen LogP contribution in [0.25, 0.3) is 11.0 Å². The summed E-state index contributed by atoms with van der Waals surface area (Å²) in [5, 5.41) is 3.31. The molecule has 1 unspecified atom stereocenters. The van der Waals surface area contributed by atoms with Gasteiger partial charge in [0, 0.05) is 25.3 Å². The molecule has 88 valence electrons. The monoisotopic (exact) mass is 229 g/mol. The van der Waals surface area contributed by atoms with Crippen molar-refractivity contribution < 1.29 is 0 Å². The van der Waals surface area contributed by atoms with Gasteiger partial charge in [0.1, 0.15) is 11.8 Å². The smallest absolute Gasteiger partial charge is 0.158 e. The van der Waals surface area contributed by atoms with Gasteiger partial charge in [-0.05, 0) is 25.6 Å². The molecule has 3 rings (SSSR count). The molecular formula is C12H15N5. The summed E-state index contributed by atoms with van der Waals surface area (Å²) in [5.74, 6) is 0.952. The lowest BCUT2D eigenvalue weighted by molar-refractivity contribution is 0.616. The molecule has 1 fully saturated rings. The maximum Gasteiger partial charge on any atom is 0.158 e. The van der Waals surface area contributed by atoms with Gasteiger partial charge in [-0.2, -0.15) is 0 Å². The van der Waals surface area contributed by atoms with Crippen LogP contribution in [0.15, 0.2) is 24.7 Å². The summed E-state index contributed by atoms with van der Waals surface area (Å²) in [4.78, 5) is 15.3. The molecular weight excluding hydrogens is 214 g/mol. The lowest BCUT2D eigenvalue weighted by Crippen LogP contribution is -2.30. The molecule has 0 radical (unpaired) electrons. The molecule has 0 aromatic carbocycles. The van der Waals surface area contributed by atoms with E-state index in [4.69, 9.17) is 0 Å². The van der Waals surface area contributed by atoms with E-state index < -0.39 is 0 Å². The van der Waals surface area contributed by atoms with Crippen LogP contribution < -0.4 is 10.2 Å². The Kier molecular flexibility index (Phi) is 2.60. The summed E-state index contributed by atoms with van der Waals surface area (Å²) in [5.41, 5.74) is 1.80. The third kappa shape index (κ3) is 1.82. The molecule has 0 amide bonds. The van der Waals surface area contributed by atoms with Crippen LogP contribution in [-0.2, 0) is 0 Å². The second kappa shape index (κ2) is 4.25. The number of hydrogen-bond acceptors (Lipinski definition) is 5. The third-order valence-corrected chi connectivity index (χ3v) is 3.27. The Balaban J connectivity index is 2.00. The average molecular weight is 229 g/mol. The van der Waals surface area contributed by atoms with Crippen LogP contribution in [-0.4, -0.2) is 41.1 Å². The average Bonchev–Trinajstić information content (AvgIpc) is 2.87. The zero-order valence-corrected chi connectivity index (χ0v) is 9.80. The number of anilines is 1. The van der Waals surface area contributed by atoms with Gasteiger partial charge >= 0.3 is 0 Å². The number of hydrogen-bond donors (Lipinski definition) is 1. The summed E-state index contributed by atoms with van der Waals surface area (Å²) in [7, 11) is 2.00. The minimum absolute atomic E-state index is 0.545. The number of nitrogens with one attached hydrogen (secondary N) is 1. The number of rotatable bonds is 2. The first-order chi connectivity index (χ1) is 8.38. The van der Waals surface area contributed by atoms with Gasteiger partial charge in [-0.15, -0.1) is 0 Å². The van der Waals surface area contributed by atoms with Crippen LogP contribution in [0.3, 0.4) is 0 Å². The summed E-state index contributed by atoms with van der Waals surface area (Å²) in [6.45, 7) is 2.01. The molecule has 5 heteroatoms. The second-order valence-corrected chi connectivity index (χ2v) is 4.29. The SMILES string of the molecule is CNC1CCN(c2ncnc3cccnc23)C1. The normalized spacial score (nSPS) is 20.1. The van der Waals surface area contributed by atoms with Crippen molar-refractivity contribution in [1.29, 1.82) is 0 Å². The lowest BCUT2D eigenvalue weighted by atomic mass is 10.3. The largest absolute Gasteiger partial charge is 0.353 e. The van der Waals surface area contributed by atoms with E-state index in [0.717, 1.165) is 36.4 Å². The number of nitrogens with zero attached hydrogens (tertiary/aromatic N) is 4. The third-order valence-electron chi connectivity index (χ3n) is 3.27. The highest BCUT2D eigenvalue weighted by Crippen LogP contribution is 2.23. The van der Waals surface area contributed by atoms with Crippen LogP contribution in [0.2, 0.25) is 0 Å². The minimum atomic E-state index is 0.545. The van der Waals surface area contributed by atoms with Gasteiger partial charge in [-0.25, -0.2) is 9.97 Å². The van der Waals surface area contributed by atoms with Gasteiger partial charge in [0.2, 0.25) is 0 Å². The Morgan fingerprint density at radius 2 is 2.29 bits per heavy atom. The van der Waals surface area contributed by atoms with E-state index in [1.54, 1.807) is 12.5 Å². The van der Waals surface area contributed by atoms with Gasteiger partial charge in [0.15, 0.2) is 5.82 Å². The number of pyridine rings is 1. The molecule has 1 N–H and O–H groups in total. The highest BCUT2D eigenvalue weighted by Gasteiger charge is 2.23. The molecule has 1 saturated heterocycles. The molecule has 0 aliphatic carbocycles. The molecule has 3 heterocycles. The molecule has 2 aromatic heterocycles. The topological polar surface area (TPSA) is 53.9 Å². The number of aromatic nitrogens is 3. The van der Waals surface area contributed by atoms with Crippen LogP contribution in [0.1, 0.15) is 6.42 Å². The summed E-state index contributed by atoms with van der Waals surface area (Å²) in [6.07, 6.45) is 4.56. The van der Waals surface area contributed by atoms with Crippen molar-refractivity contribution in [3.63, 3.8) is 0 Å². The van der Waals surface area contributed by atoms with Crippen molar-refractivity contribution in [3.8, 4) is 0 Å². The van der Waals surface area contributed by atoms with Gasteiger partial charge in [0.25, 0.3) is 0 Å². The summed E-state index contributed by atoms with van der Waals surface area (Å²) >= 11 is 0. The molecule has 0 bridgehead atoms. The van der Waals surface area contributed by atoms with Crippen molar-refractivity contribution in [3.05, 3.63) is 24.7 Å². The second-order valence-electron chi connectivity index (χ2n) is 4.29. The Morgan fingerprint density at radius 1 is 1.35 bits per heavy atom. The molecule has 1 atom stereocenters. The Bertz CT molecular complexity index is 522. The van der Waals surface area contributed by atoms with Gasteiger partial charge in [-0.1, -0.05) is 0 Å². The molecule has 17 heavy (non-hydrogen) atoms. The van der Waals surface area contributed by atoms with Gasteiger partial charge in [-0.3, -0.25) is 4.98 Å². The fraction of sp³-hybridized carbons (Fsp3) is 0.417. The van der Waals surface area contributed by atoms with Crippen molar-refractivity contribution in [2.45, 2.75) is 12.5 Å². The molecule has 5 nitrogen and oxygen atoms in total. The van der Waals surface area contributed by atoms with E-state index in [0.29, 0.717) is 6.04 Å². The van der Waals surface area contributed by atoms with Crippen molar-refractivity contribution >= 4 is 16.9 Å². The number of fused-ring (bicyclic) bond motifs is 1. The maximum absolute atomic E-state index is 4.39. The van der Waals surface area contributed by atoms with Crippen LogP contribution in [0.5, 0.6) is 0 Å². The first kappa shape index (κ1) is 10.4. The van der Waals surface area contributed by atoms with Crippen LogP contribution >= 0.6 is 0 Å². The molecule has 0 saturated carbocycles. The van der Waals surface area contributed by atoms with Gasteiger partial charge in [0.05, 0.1) is 5.52 Å². The van der Waals surface area contributed by atoms with E-state index >= 15 is 0 Å². The standard InChI is InChI=1S/C12H15N5/c1-13-9-4-6-17(7-9)12-11-10(15-8-16-12)3-2-5-14-11/h2-3,5,8-9,13H,4,6-7H2,1H3. The summed E-state index contributed by atoms with van der Waals surface area (Å²) < 4.78 is 0. The van der Waals surface area contributed by atoms with E-state index in [1.165, 1.54) is 0 Å². The van der Waals surface area contributed by atoms with Crippen molar-refractivity contribution in [1.82, 2.24) is 20.3 Å². The highest BCUT2D eigenvalue weighted by atomic mass is 15.2. The van der Waals surface area contributed by atoms with Crippen molar-refractivity contribution in [2.24, 2.45) is 0 Å². The predicted molar refractivity (Wildman–Crippen MR) is 67.0 cm³/mol. The fourth-order valence-corrected chi connectivity index (χ4v) is 2.30. The van der Waals surface area contributed by atoms with Crippen molar-refractivity contribution in [2.75, 3.05) is 25.0 Å². The van der Waals surface area contributed by atoms with Gasteiger partial charge < -0.3 is 10.2 Å². The van der Waals surface area contributed by atoms with Crippen LogP contribution in [0.4, 0.5) is 5.82 Å². The Hall–Kier alpha value is -1.75. The molecule has 2 aromatic rings. The van der Waals surface area contributed by atoms with E-state index in [9.17, 15) is 0 Å². The molecule has 0 spiro atoms. The van der Waals surface area contributed by atoms with E-state index in [2.05, 4.69) is 25.2 Å². The first-order valence-electron chi connectivity index (χ1n) is 5.86. The minimum Gasteiger partial charge on any atom is -0.353 e. The zero-order valence-electron chi connectivity index (χ0n) is 9.80. The number of likely N-dealkylation sites (N-methyl/N-ethyl adjacent to an activating group) is 1. The van der Waals surface area contributed by atoms with E-state index in [-0.39, 0.29) is 0 Å². The molecule has 1 aliphatic heterocycles. The predicted octanol–water partition coefficient (Wildman–Crippen LogP) is 0.823. The summed E-state index contributed by atoms with van der Waals surface area (Å²) in [6, 6.07) is 4.42. The first-order valence-corrected chi connectivity index (χ1v) is 5.86. The maximum atomic E-state index is 4.39. The van der Waals surface area contributed by atoms with Crippen LogP contribution in [0, 0.1) is 0 Å². The quantitative estimate of drug-likeness (QED) is 0.826. The Labute approximate surface area is 99.9 Å².